The minimum absolute atomic E-state index is 0.00854. The molecule has 0 heterocycles. The second-order valence-corrected chi connectivity index (χ2v) is 5.06. The largest absolute Gasteiger partial charge is 0.497 e. The first kappa shape index (κ1) is 14.0. The topological polar surface area (TPSA) is 81.5 Å². The van der Waals surface area contributed by atoms with Crippen LogP contribution in [0.2, 0.25) is 0 Å². The van der Waals surface area contributed by atoms with Crippen LogP contribution in [0.1, 0.15) is 0 Å². The zero-order valence-corrected chi connectivity index (χ0v) is 11.4. The van der Waals surface area contributed by atoms with Crippen LogP contribution in [0.5, 0.6) is 5.75 Å². The molecule has 7 heteroatoms. The van der Waals surface area contributed by atoms with Crippen molar-refractivity contribution in [2.24, 2.45) is 0 Å². The van der Waals surface area contributed by atoms with E-state index in [1.165, 1.54) is 24.3 Å². The molecule has 0 aliphatic carbocycles. The zero-order valence-electron chi connectivity index (χ0n) is 10.6. The summed E-state index contributed by atoms with van der Waals surface area (Å²) in [6, 6.07) is 12.5. The van der Waals surface area contributed by atoms with Gasteiger partial charge < -0.3 is 9.46 Å². The second-order valence-electron chi connectivity index (χ2n) is 3.85. The van der Waals surface area contributed by atoms with Gasteiger partial charge in [0.05, 0.1) is 16.9 Å². The summed E-state index contributed by atoms with van der Waals surface area (Å²) in [5.74, 6) is 0.682. The summed E-state index contributed by atoms with van der Waals surface area (Å²) < 4.78 is 19.8. The fourth-order valence-corrected chi connectivity index (χ4v) is 2.37. The van der Waals surface area contributed by atoms with Gasteiger partial charge in [-0.1, -0.05) is 0 Å². The lowest BCUT2D eigenvalue weighted by Crippen LogP contribution is -2.04. The van der Waals surface area contributed by atoms with Crippen LogP contribution >= 0.6 is 0 Å². The van der Waals surface area contributed by atoms with Crippen LogP contribution in [-0.4, -0.2) is 16.2 Å². The molecule has 1 atom stereocenters. The monoisotopic (exact) mass is 292 g/mol. The van der Waals surface area contributed by atoms with E-state index in [9.17, 15) is 14.3 Å². The summed E-state index contributed by atoms with van der Waals surface area (Å²) in [4.78, 5) is 10.6. The first-order chi connectivity index (χ1) is 9.60. The Balaban J connectivity index is 2.08. The fourth-order valence-electron chi connectivity index (χ4n) is 1.52. The second kappa shape index (κ2) is 6.16. The van der Waals surface area contributed by atoms with Crippen LogP contribution in [0.3, 0.4) is 0 Å². The van der Waals surface area contributed by atoms with Crippen LogP contribution in [0.15, 0.2) is 53.4 Å². The van der Waals surface area contributed by atoms with Gasteiger partial charge in [-0.3, -0.25) is 10.1 Å². The van der Waals surface area contributed by atoms with E-state index in [1.54, 1.807) is 31.4 Å². The fraction of sp³-hybridized carbons (Fsp3) is 0.0769. The van der Waals surface area contributed by atoms with Crippen molar-refractivity contribution in [1.29, 1.82) is 0 Å². The van der Waals surface area contributed by atoms with Crippen LogP contribution in [0, 0.1) is 10.1 Å². The van der Waals surface area contributed by atoms with Gasteiger partial charge in [0.2, 0.25) is 0 Å². The maximum atomic E-state index is 12.1. The molecule has 0 bridgehead atoms. The molecule has 0 aliphatic rings. The first-order valence-electron chi connectivity index (χ1n) is 5.67. The molecule has 0 radical (unpaired) electrons. The van der Waals surface area contributed by atoms with E-state index >= 15 is 0 Å². The van der Waals surface area contributed by atoms with E-state index in [-0.39, 0.29) is 5.69 Å². The van der Waals surface area contributed by atoms with Crippen molar-refractivity contribution in [3.8, 4) is 5.75 Å². The van der Waals surface area contributed by atoms with Gasteiger partial charge in [-0.05, 0) is 36.4 Å². The minimum Gasteiger partial charge on any atom is -0.497 e. The van der Waals surface area contributed by atoms with E-state index in [0.29, 0.717) is 16.3 Å². The third-order valence-corrected chi connectivity index (χ3v) is 3.68. The molecule has 2 aromatic rings. The maximum absolute atomic E-state index is 12.1. The van der Waals surface area contributed by atoms with Gasteiger partial charge in [-0.2, -0.15) is 0 Å². The lowest BCUT2D eigenvalue weighted by atomic mass is 10.3. The molecular formula is C13H12N2O4S. The Kier molecular flexibility index (Phi) is 4.31. The van der Waals surface area contributed by atoms with E-state index < -0.39 is 15.9 Å². The zero-order chi connectivity index (χ0) is 14.5. The normalized spacial score (nSPS) is 11.7. The summed E-state index contributed by atoms with van der Waals surface area (Å²) in [7, 11) is 0.119. The molecule has 2 rings (SSSR count). The van der Waals surface area contributed by atoms with Crippen molar-refractivity contribution in [2.45, 2.75) is 4.90 Å². The number of nitro groups is 1. The van der Waals surface area contributed by atoms with Gasteiger partial charge in [-0.25, -0.2) is 4.21 Å². The number of nitrogens with one attached hydrogen (secondary N) is 1. The summed E-state index contributed by atoms with van der Waals surface area (Å²) in [5, 5.41) is 10.5. The van der Waals surface area contributed by atoms with Gasteiger partial charge in [0.1, 0.15) is 16.7 Å². The molecule has 0 aliphatic heterocycles. The number of non-ortho nitro benzene ring substituents is 1. The number of hydrogen-bond donors (Lipinski definition) is 1. The first-order valence-corrected chi connectivity index (χ1v) is 6.82. The Morgan fingerprint density at radius 1 is 1.10 bits per heavy atom. The highest BCUT2D eigenvalue weighted by atomic mass is 32.2. The molecule has 2 aromatic carbocycles. The summed E-state index contributed by atoms with van der Waals surface area (Å²) >= 11 is 0. The number of ether oxygens (including phenoxy) is 1. The van der Waals surface area contributed by atoms with Crippen molar-refractivity contribution in [3.05, 3.63) is 58.6 Å². The van der Waals surface area contributed by atoms with Gasteiger partial charge in [0.25, 0.3) is 5.69 Å². The van der Waals surface area contributed by atoms with E-state index in [1.807, 2.05) is 0 Å². The Bertz CT molecular complexity index is 626. The number of methoxy groups -OCH3 is 1. The average Bonchev–Trinajstić information content (AvgIpc) is 2.48. The van der Waals surface area contributed by atoms with Gasteiger partial charge in [-0.15, -0.1) is 0 Å². The highest BCUT2D eigenvalue weighted by molar-refractivity contribution is 7.86. The molecule has 0 aromatic heterocycles. The van der Waals surface area contributed by atoms with Crippen LogP contribution in [0.25, 0.3) is 0 Å². The minimum atomic E-state index is -1.44. The maximum Gasteiger partial charge on any atom is 0.269 e. The summed E-state index contributed by atoms with van der Waals surface area (Å²) in [6.45, 7) is 0. The Labute approximate surface area is 118 Å². The number of nitro benzene ring substituents is 1. The molecule has 1 unspecified atom stereocenters. The molecule has 0 amide bonds. The Morgan fingerprint density at radius 2 is 1.70 bits per heavy atom. The van der Waals surface area contributed by atoms with Crippen LogP contribution in [0.4, 0.5) is 11.4 Å². The van der Waals surface area contributed by atoms with Crippen molar-refractivity contribution in [3.63, 3.8) is 0 Å². The number of rotatable bonds is 5. The molecule has 0 saturated heterocycles. The number of benzene rings is 2. The summed E-state index contributed by atoms with van der Waals surface area (Å²) in [5.41, 5.74) is 0.538. The van der Waals surface area contributed by atoms with Crippen LogP contribution in [-0.2, 0) is 11.0 Å². The quantitative estimate of drug-likeness (QED) is 0.678. The molecule has 0 fully saturated rings. The highest BCUT2D eigenvalue weighted by Gasteiger charge is 2.07. The molecule has 104 valence electrons. The van der Waals surface area contributed by atoms with E-state index in [2.05, 4.69) is 4.72 Å². The lowest BCUT2D eigenvalue weighted by Gasteiger charge is -2.06. The number of anilines is 1. The SMILES string of the molecule is COc1ccc(S(=O)Nc2ccc([N+](=O)[O-])cc2)cc1. The van der Waals surface area contributed by atoms with Crippen molar-refractivity contribution < 1.29 is 13.9 Å². The van der Waals surface area contributed by atoms with Crippen LogP contribution < -0.4 is 9.46 Å². The van der Waals surface area contributed by atoms with Crippen molar-refractivity contribution in [1.82, 2.24) is 0 Å². The number of nitrogens with zero attached hydrogens (tertiary/aromatic N) is 1. The average molecular weight is 292 g/mol. The van der Waals surface area contributed by atoms with Gasteiger partial charge >= 0.3 is 0 Å². The van der Waals surface area contributed by atoms with Gasteiger partial charge in [0, 0.05) is 17.8 Å². The predicted molar refractivity (Wildman–Crippen MR) is 76.1 cm³/mol. The predicted octanol–water partition coefficient (Wildman–Crippen LogP) is 2.74. The molecular weight excluding hydrogens is 280 g/mol. The van der Waals surface area contributed by atoms with E-state index in [4.69, 9.17) is 4.74 Å². The third-order valence-electron chi connectivity index (χ3n) is 2.56. The van der Waals surface area contributed by atoms with Crippen molar-refractivity contribution >= 4 is 22.4 Å². The molecule has 1 N–H and O–H groups in total. The molecule has 6 nitrogen and oxygen atoms in total. The van der Waals surface area contributed by atoms with Crippen molar-refractivity contribution in [2.75, 3.05) is 11.8 Å². The van der Waals surface area contributed by atoms with Gasteiger partial charge in [0.15, 0.2) is 0 Å². The number of hydrogen-bond acceptors (Lipinski definition) is 4. The molecule has 0 saturated carbocycles. The summed E-state index contributed by atoms with van der Waals surface area (Å²) in [6.07, 6.45) is 0. The smallest absolute Gasteiger partial charge is 0.269 e. The van der Waals surface area contributed by atoms with E-state index in [0.717, 1.165) is 0 Å². The Hall–Kier alpha value is -2.41. The standard InChI is InChI=1S/C13H12N2O4S/c1-19-12-6-8-13(9-7-12)20(18)14-10-2-4-11(5-3-10)15(16)17/h2-9,14H,1H3. The molecule has 0 spiro atoms. The lowest BCUT2D eigenvalue weighted by molar-refractivity contribution is -0.384. The highest BCUT2D eigenvalue weighted by Crippen LogP contribution is 2.19. The third kappa shape index (κ3) is 3.33. The Morgan fingerprint density at radius 3 is 2.20 bits per heavy atom. The molecule has 20 heavy (non-hydrogen) atoms.